The average Bonchev–Trinajstić information content (AvgIpc) is 3.26. The van der Waals surface area contributed by atoms with Gasteiger partial charge in [0, 0.05) is 26.3 Å². The molecule has 0 saturated heterocycles. The maximum Gasteiger partial charge on any atom is 0.250 e. The third-order valence-electron chi connectivity index (χ3n) is 4.27. The topological polar surface area (TPSA) is 54.7 Å². The van der Waals surface area contributed by atoms with Crippen molar-refractivity contribution < 1.29 is 4.42 Å². The van der Waals surface area contributed by atoms with Gasteiger partial charge in [0.2, 0.25) is 11.8 Å². The molecule has 2 aromatic heterocycles. The van der Waals surface area contributed by atoms with Gasteiger partial charge in [0.25, 0.3) is 0 Å². The summed E-state index contributed by atoms with van der Waals surface area (Å²) in [6.07, 6.45) is 0. The van der Waals surface area contributed by atoms with E-state index in [9.17, 15) is 0 Å². The van der Waals surface area contributed by atoms with Crippen LogP contribution in [-0.4, -0.2) is 15.2 Å². The Morgan fingerprint density at radius 1 is 0.800 bits per heavy atom. The number of para-hydroxylation sites is 2. The molecule has 0 bridgehead atoms. The summed E-state index contributed by atoms with van der Waals surface area (Å²) in [6.45, 7) is 0. The second-order valence-electron chi connectivity index (χ2n) is 5.82. The number of nitrogens with one attached hydrogen (secondary N) is 1. The quantitative estimate of drug-likeness (QED) is 0.414. The number of aromatic nitrogens is 3. The lowest BCUT2D eigenvalue weighted by Crippen LogP contribution is -1.80. The Morgan fingerprint density at radius 3 is 2.52 bits per heavy atom. The number of aromatic amines is 1. The number of hydrogen-bond acceptors (Lipinski definition) is 3. The largest absolute Gasteiger partial charge is 0.416 e. The van der Waals surface area contributed by atoms with Crippen LogP contribution >= 0.6 is 15.9 Å². The van der Waals surface area contributed by atoms with E-state index in [1.807, 2.05) is 48.5 Å². The summed E-state index contributed by atoms with van der Waals surface area (Å²) in [6, 6.07) is 22.2. The van der Waals surface area contributed by atoms with Gasteiger partial charge in [-0.1, -0.05) is 52.3 Å². The van der Waals surface area contributed by atoms with Crippen LogP contribution in [0.25, 0.3) is 44.7 Å². The van der Waals surface area contributed by atoms with E-state index in [1.54, 1.807) is 0 Å². The van der Waals surface area contributed by atoms with E-state index in [0.717, 1.165) is 32.0 Å². The highest BCUT2D eigenvalue weighted by Crippen LogP contribution is 2.33. The zero-order valence-electron chi connectivity index (χ0n) is 13.0. The van der Waals surface area contributed by atoms with E-state index in [-0.39, 0.29) is 0 Å². The molecule has 5 aromatic rings. The number of nitrogens with zero attached hydrogens (tertiary/aromatic N) is 2. The van der Waals surface area contributed by atoms with Crippen LogP contribution in [0.3, 0.4) is 0 Å². The fourth-order valence-corrected chi connectivity index (χ4v) is 3.52. The van der Waals surface area contributed by atoms with E-state index in [2.05, 4.69) is 49.3 Å². The highest BCUT2D eigenvalue weighted by Gasteiger charge is 2.15. The van der Waals surface area contributed by atoms with Gasteiger partial charge in [-0.3, -0.25) is 0 Å². The molecule has 0 unspecified atom stereocenters. The van der Waals surface area contributed by atoms with Gasteiger partial charge in [-0.15, -0.1) is 10.2 Å². The zero-order valence-corrected chi connectivity index (χ0v) is 14.6. The smallest absolute Gasteiger partial charge is 0.250 e. The molecule has 2 heterocycles. The highest BCUT2D eigenvalue weighted by atomic mass is 79.9. The van der Waals surface area contributed by atoms with Crippen LogP contribution in [0.2, 0.25) is 0 Å². The summed E-state index contributed by atoms with van der Waals surface area (Å²) in [7, 11) is 0. The van der Waals surface area contributed by atoms with Crippen molar-refractivity contribution in [1.82, 2.24) is 15.2 Å². The first-order valence-corrected chi connectivity index (χ1v) is 8.68. The summed E-state index contributed by atoms with van der Waals surface area (Å²) >= 11 is 3.47. The lowest BCUT2D eigenvalue weighted by Gasteiger charge is -1.98. The van der Waals surface area contributed by atoms with Crippen molar-refractivity contribution in [2.75, 3.05) is 0 Å². The molecule has 25 heavy (non-hydrogen) atoms. The predicted molar refractivity (Wildman–Crippen MR) is 102 cm³/mol. The van der Waals surface area contributed by atoms with Crippen LogP contribution in [0, 0.1) is 0 Å². The molecule has 120 valence electrons. The van der Waals surface area contributed by atoms with Gasteiger partial charge in [-0.25, -0.2) is 0 Å². The molecule has 0 spiro atoms. The molecule has 5 heteroatoms. The van der Waals surface area contributed by atoms with Crippen LogP contribution < -0.4 is 0 Å². The minimum atomic E-state index is 0.504. The lowest BCUT2D eigenvalue weighted by atomic mass is 10.1. The number of rotatable bonds is 2. The summed E-state index contributed by atoms with van der Waals surface area (Å²) in [5.41, 5.74) is 3.89. The Bertz CT molecular complexity index is 1220. The van der Waals surface area contributed by atoms with Gasteiger partial charge in [0.1, 0.15) is 0 Å². The lowest BCUT2D eigenvalue weighted by molar-refractivity contribution is 0.585. The number of halogens is 1. The molecule has 0 fully saturated rings. The molecule has 1 N–H and O–H groups in total. The second-order valence-corrected chi connectivity index (χ2v) is 6.74. The Kier molecular flexibility index (Phi) is 3.21. The Balaban J connectivity index is 1.69. The second kappa shape index (κ2) is 5.57. The molecule has 0 radical (unpaired) electrons. The maximum absolute atomic E-state index is 5.95. The monoisotopic (exact) mass is 389 g/mol. The molecule has 0 aliphatic heterocycles. The van der Waals surface area contributed by atoms with Gasteiger partial charge >= 0.3 is 0 Å². The molecule has 5 rings (SSSR count). The van der Waals surface area contributed by atoms with Crippen molar-refractivity contribution in [3.63, 3.8) is 0 Å². The van der Waals surface area contributed by atoms with Crippen molar-refractivity contribution in [2.45, 2.75) is 0 Å². The first-order chi connectivity index (χ1) is 12.3. The van der Waals surface area contributed by atoms with Crippen molar-refractivity contribution >= 4 is 37.7 Å². The summed E-state index contributed by atoms with van der Waals surface area (Å²) in [5.74, 6) is 1.01. The molecule has 0 aliphatic carbocycles. The van der Waals surface area contributed by atoms with E-state index in [1.165, 1.54) is 5.39 Å². The number of H-pyrrole nitrogens is 1. The molecular formula is C20H12BrN3O. The van der Waals surface area contributed by atoms with Crippen LogP contribution in [-0.2, 0) is 0 Å². The van der Waals surface area contributed by atoms with E-state index >= 15 is 0 Å². The zero-order chi connectivity index (χ0) is 16.8. The van der Waals surface area contributed by atoms with Gasteiger partial charge in [0.05, 0.1) is 11.1 Å². The number of benzene rings is 3. The summed E-state index contributed by atoms with van der Waals surface area (Å²) in [5, 5.41) is 10.8. The highest BCUT2D eigenvalue weighted by molar-refractivity contribution is 9.10. The van der Waals surface area contributed by atoms with E-state index in [0.29, 0.717) is 11.8 Å². The summed E-state index contributed by atoms with van der Waals surface area (Å²) in [4.78, 5) is 3.47. The normalized spacial score (nSPS) is 11.4. The molecule has 3 aromatic carbocycles. The molecular weight excluding hydrogens is 378 g/mol. The first-order valence-electron chi connectivity index (χ1n) is 7.89. The fraction of sp³-hybridized carbons (Fsp3) is 0. The molecule has 0 aliphatic rings. The standard InChI is InChI=1S/C20H12BrN3O/c21-13-6-3-5-12(11-13)19-23-24-20(25-19)16-9-4-8-15-14-7-1-2-10-17(14)22-18(15)16/h1-11,22H. The van der Waals surface area contributed by atoms with Crippen LogP contribution in [0.1, 0.15) is 0 Å². The van der Waals surface area contributed by atoms with Gasteiger partial charge in [-0.05, 0) is 30.3 Å². The van der Waals surface area contributed by atoms with E-state index < -0.39 is 0 Å². The number of fused-ring (bicyclic) bond motifs is 3. The predicted octanol–water partition coefficient (Wildman–Crippen LogP) is 5.80. The van der Waals surface area contributed by atoms with Crippen molar-refractivity contribution in [3.05, 3.63) is 71.2 Å². The van der Waals surface area contributed by atoms with Crippen molar-refractivity contribution in [2.24, 2.45) is 0 Å². The SMILES string of the molecule is Brc1cccc(-c2nnc(-c3cccc4c3[nH]c3ccccc34)o2)c1. The fourth-order valence-electron chi connectivity index (χ4n) is 3.12. The molecule has 4 nitrogen and oxygen atoms in total. The van der Waals surface area contributed by atoms with Crippen LogP contribution in [0.4, 0.5) is 0 Å². The molecule has 0 amide bonds. The minimum Gasteiger partial charge on any atom is -0.416 e. The first kappa shape index (κ1) is 14.4. The van der Waals surface area contributed by atoms with Crippen molar-refractivity contribution in [3.8, 4) is 22.9 Å². The van der Waals surface area contributed by atoms with Gasteiger partial charge < -0.3 is 9.40 Å². The van der Waals surface area contributed by atoms with Gasteiger partial charge in [-0.2, -0.15) is 0 Å². The molecule has 0 saturated carbocycles. The minimum absolute atomic E-state index is 0.504. The summed E-state index contributed by atoms with van der Waals surface area (Å²) < 4.78 is 6.93. The number of hydrogen-bond donors (Lipinski definition) is 1. The van der Waals surface area contributed by atoms with Crippen LogP contribution in [0.15, 0.2) is 75.6 Å². The third-order valence-corrected chi connectivity index (χ3v) is 4.76. The Morgan fingerprint density at radius 2 is 1.60 bits per heavy atom. The maximum atomic E-state index is 5.95. The Labute approximate surface area is 151 Å². The molecule has 0 atom stereocenters. The van der Waals surface area contributed by atoms with Gasteiger partial charge in [0.15, 0.2) is 0 Å². The Hall–Kier alpha value is -2.92. The van der Waals surface area contributed by atoms with E-state index in [4.69, 9.17) is 4.42 Å². The van der Waals surface area contributed by atoms with Crippen LogP contribution in [0.5, 0.6) is 0 Å². The average molecular weight is 390 g/mol. The van der Waals surface area contributed by atoms with Crippen molar-refractivity contribution in [1.29, 1.82) is 0 Å². The third kappa shape index (κ3) is 2.36.